The van der Waals surface area contributed by atoms with Crippen molar-refractivity contribution >= 4 is 33.1 Å². The zero-order valence-electron chi connectivity index (χ0n) is 16.4. The van der Waals surface area contributed by atoms with Gasteiger partial charge in [0.15, 0.2) is 11.7 Å². The zero-order chi connectivity index (χ0) is 20.2. The summed E-state index contributed by atoms with van der Waals surface area (Å²) in [4.78, 5) is 16.8. The Bertz CT molecular complexity index is 1150. The molecule has 1 aromatic heterocycles. The Morgan fingerprint density at radius 2 is 1.86 bits per heavy atom. The molecule has 0 radical (unpaired) electrons. The Hall–Kier alpha value is -3.18. The van der Waals surface area contributed by atoms with Crippen LogP contribution in [0.4, 0.5) is 5.13 Å². The Labute approximate surface area is 174 Å². The number of thiazole rings is 1. The molecule has 1 amide bonds. The van der Waals surface area contributed by atoms with E-state index < -0.39 is 0 Å². The fourth-order valence-corrected chi connectivity index (χ4v) is 3.82. The van der Waals surface area contributed by atoms with Gasteiger partial charge in [-0.3, -0.25) is 10.1 Å². The van der Waals surface area contributed by atoms with Crippen LogP contribution in [0.25, 0.3) is 22.0 Å². The molecule has 0 aliphatic rings. The van der Waals surface area contributed by atoms with Gasteiger partial charge in [-0.1, -0.05) is 62.4 Å². The molecular weight excluding hydrogens is 380 g/mol. The average Bonchev–Trinajstić information content (AvgIpc) is 3.20. The summed E-state index contributed by atoms with van der Waals surface area (Å²) in [7, 11) is 0. The molecule has 0 spiro atoms. The van der Waals surface area contributed by atoms with E-state index in [0.29, 0.717) is 16.8 Å². The third kappa shape index (κ3) is 4.63. The van der Waals surface area contributed by atoms with Crippen LogP contribution in [0.5, 0.6) is 5.75 Å². The fraction of sp³-hybridized carbons (Fsp3) is 0.167. The van der Waals surface area contributed by atoms with Gasteiger partial charge in [0.25, 0.3) is 5.91 Å². The van der Waals surface area contributed by atoms with Crippen molar-refractivity contribution in [3.63, 3.8) is 0 Å². The number of aromatic nitrogens is 1. The molecule has 0 saturated heterocycles. The third-order valence-corrected chi connectivity index (χ3v) is 5.45. The van der Waals surface area contributed by atoms with Gasteiger partial charge in [0.1, 0.15) is 5.75 Å². The Balaban J connectivity index is 1.39. The lowest BCUT2D eigenvalue weighted by Gasteiger charge is -2.09. The van der Waals surface area contributed by atoms with Gasteiger partial charge in [-0.25, -0.2) is 4.98 Å². The minimum absolute atomic E-state index is 0.0492. The van der Waals surface area contributed by atoms with E-state index in [4.69, 9.17) is 4.74 Å². The van der Waals surface area contributed by atoms with Crippen LogP contribution in [-0.4, -0.2) is 17.5 Å². The molecule has 3 aromatic carbocycles. The second kappa shape index (κ2) is 8.45. The van der Waals surface area contributed by atoms with E-state index in [2.05, 4.69) is 54.5 Å². The first kappa shape index (κ1) is 19.2. The Kier molecular flexibility index (Phi) is 5.58. The van der Waals surface area contributed by atoms with Crippen molar-refractivity contribution in [2.75, 3.05) is 11.9 Å². The highest BCUT2D eigenvalue weighted by atomic mass is 32.1. The van der Waals surface area contributed by atoms with Crippen molar-refractivity contribution in [2.45, 2.75) is 19.8 Å². The number of nitrogens with zero attached hydrogens (tertiary/aromatic N) is 1. The van der Waals surface area contributed by atoms with Crippen LogP contribution in [0.1, 0.15) is 25.3 Å². The maximum absolute atomic E-state index is 12.3. The number of rotatable bonds is 6. The first-order valence-corrected chi connectivity index (χ1v) is 10.4. The first-order valence-electron chi connectivity index (χ1n) is 9.56. The van der Waals surface area contributed by atoms with Crippen molar-refractivity contribution in [1.29, 1.82) is 0 Å². The van der Waals surface area contributed by atoms with E-state index in [1.165, 1.54) is 27.7 Å². The minimum Gasteiger partial charge on any atom is -0.484 e. The van der Waals surface area contributed by atoms with E-state index in [1.807, 2.05) is 41.8 Å². The van der Waals surface area contributed by atoms with Crippen LogP contribution < -0.4 is 10.1 Å². The molecule has 4 nitrogen and oxygen atoms in total. The molecule has 1 heterocycles. The van der Waals surface area contributed by atoms with E-state index in [0.717, 1.165) is 11.3 Å². The fourth-order valence-electron chi connectivity index (χ4n) is 3.08. The predicted molar refractivity (Wildman–Crippen MR) is 120 cm³/mol. The summed E-state index contributed by atoms with van der Waals surface area (Å²) in [6, 6.07) is 22.3. The highest BCUT2D eigenvalue weighted by Crippen LogP contribution is 2.28. The number of fused-ring (bicyclic) bond motifs is 1. The molecule has 4 aromatic rings. The second-order valence-corrected chi connectivity index (χ2v) is 8.02. The zero-order valence-corrected chi connectivity index (χ0v) is 17.2. The summed E-state index contributed by atoms with van der Waals surface area (Å²) in [5, 5.41) is 7.70. The van der Waals surface area contributed by atoms with Crippen molar-refractivity contribution < 1.29 is 9.53 Å². The molecule has 29 heavy (non-hydrogen) atoms. The number of ether oxygens (including phenoxy) is 1. The molecule has 4 rings (SSSR count). The van der Waals surface area contributed by atoms with Gasteiger partial charge in [-0.05, 0) is 40.5 Å². The number of benzene rings is 3. The van der Waals surface area contributed by atoms with Crippen molar-refractivity contribution in [1.82, 2.24) is 4.98 Å². The van der Waals surface area contributed by atoms with Crippen molar-refractivity contribution in [3.05, 3.63) is 77.7 Å². The highest BCUT2D eigenvalue weighted by Gasteiger charge is 2.10. The third-order valence-electron chi connectivity index (χ3n) is 4.69. The van der Waals surface area contributed by atoms with Gasteiger partial charge >= 0.3 is 0 Å². The smallest absolute Gasteiger partial charge is 0.264 e. The molecule has 0 bridgehead atoms. The maximum atomic E-state index is 12.3. The standard InChI is InChI=1S/C24H22N2O2S/c1-16(2)18-8-5-9-21(13-18)28-14-23(27)26-24-25-22(15-29-24)20-11-10-17-6-3-4-7-19(17)12-20/h3-13,15-16H,14H2,1-2H3,(H,25,26,27). The number of hydrogen-bond donors (Lipinski definition) is 1. The number of carbonyl (C=O) groups is 1. The molecule has 0 atom stereocenters. The second-order valence-electron chi connectivity index (χ2n) is 7.16. The number of hydrogen-bond acceptors (Lipinski definition) is 4. The van der Waals surface area contributed by atoms with Gasteiger partial charge < -0.3 is 4.74 Å². The molecule has 0 aliphatic carbocycles. The number of amides is 1. The summed E-state index contributed by atoms with van der Waals surface area (Å²) < 4.78 is 5.64. The number of carbonyl (C=O) groups excluding carboxylic acids is 1. The van der Waals surface area contributed by atoms with Crippen LogP contribution in [-0.2, 0) is 4.79 Å². The molecular formula is C24H22N2O2S. The largest absolute Gasteiger partial charge is 0.484 e. The lowest BCUT2D eigenvalue weighted by atomic mass is 10.0. The molecule has 5 heteroatoms. The van der Waals surface area contributed by atoms with E-state index in [9.17, 15) is 4.79 Å². The maximum Gasteiger partial charge on any atom is 0.264 e. The lowest BCUT2D eigenvalue weighted by molar-refractivity contribution is -0.118. The van der Waals surface area contributed by atoms with Crippen LogP contribution in [0.2, 0.25) is 0 Å². The van der Waals surface area contributed by atoms with Crippen LogP contribution in [0.3, 0.4) is 0 Å². The van der Waals surface area contributed by atoms with Crippen molar-refractivity contribution in [2.24, 2.45) is 0 Å². The molecule has 1 N–H and O–H groups in total. The average molecular weight is 403 g/mol. The van der Waals surface area contributed by atoms with Gasteiger partial charge in [0.05, 0.1) is 5.69 Å². The summed E-state index contributed by atoms with van der Waals surface area (Å²) >= 11 is 1.41. The highest BCUT2D eigenvalue weighted by molar-refractivity contribution is 7.14. The van der Waals surface area contributed by atoms with E-state index in [1.54, 1.807) is 0 Å². The summed E-state index contributed by atoms with van der Waals surface area (Å²) in [6.07, 6.45) is 0. The summed E-state index contributed by atoms with van der Waals surface area (Å²) in [5.41, 5.74) is 3.06. The van der Waals surface area contributed by atoms with E-state index in [-0.39, 0.29) is 12.5 Å². The summed E-state index contributed by atoms with van der Waals surface area (Å²) in [5.74, 6) is 0.887. The first-order chi connectivity index (χ1) is 14.1. The van der Waals surface area contributed by atoms with Gasteiger partial charge in [-0.15, -0.1) is 11.3 Å². The lowest BCUT2D eigenvalue weighted by Crippen LogP contribution is -2.20. The monoisotopic (exact) mass is 402 g/mol. The van der Waals surface area contributed by atoms with Gasteiger partial charge in [0, 0.05) is 10.9 Å². The van der Waals surface area contributed by atoms with E-state index >= 15 is 0 Å². The number of nitrogens with one attached hydrogen (secondary N) is 1. The van der Waals surface area contributed by atoms with Gasteiger partial charge in [-0.2, -0.15) is 0 Å². The Morgan fingerprint density at radius 3 is 2.69 bits per heavy atom. The molecule has 0 aliphatic heterocycles. The molecule has 0 fully saturated rings. The summed E-state index contributed by atoms with van der Waals surface area (Å²) in [6.45, 7) is 4.20. The predicted octanol–water partition coefficient (Wildman–Crippen LogP) is 6.10. The van der Waals surface area contributed by atoms with Crippen molar-refractivity contribution in [3.8, 4) is 17.0 Å². The van der Waals surface area contributed by atoms with Crippen LogP contribution >= 0.6 is 11.3 Å². The van der Waals surface area contributed by atoms with Crippen LogP contribution in [0, 0.1) is 0 Å². The van der Waals surface area contributed by atoms with Gasteiger partial charge in [0.2, 0.25) is 0 Å². The Morgan fingerprint density at radius 1 is 1.03 bits per heavy atom. The minimum atomic E-state index is -0.223. The molecule has 146 valence electrons. The quantitative estimate of drug-likeness (QED) is 0.424. The molecule has 0 saturated carbocycles. The van der Waals surface area contributed by atoms with Crippen LogP contribution in [0.15, 0.2) is 72.1 Å². The molecule has 0 unspecified atom stereocenters. The SMILES string of the molecule is CC(C)c1cccc(OCC(=O)Nc2nc(-c3ccc4ccccc4c3)cs2)c1. The number of anilines is 1. The topological polar surface area (TPSA) is 51.2 Å². The normalized spacial score (nSPS) is 11.0.